The van der Waals surface area contributed by atoms with Crippen LogP contribution in [0.1, 0.15) is 13.3 Å². The van der Waals surface area contributed by atoms with E-state index in [1.165, 1.54) is 0 Å². The van der Waals surface area contributed by atoms with Gasteiger partial charge in [0, 0.05) is 11.9 Å². The third-order valence-electron chi connectivity index (χ3n) is 3.64. The van der Waals surface area contributed by atoms with Gasteiger partial charge in [-0.25, -0.2) is 0 Å². The molecule has 1 amide bonds. The first-order chi connectivity index (χ1) is 8.69. The number of fused-ring (bicyclic) bond motifs is 1. The van der Waals surface area contributed by atoms with E-state index in [9.17, 15) is 4.79 Å². The average molecular weight is 244 g/mol. The van der Waals surface area contributed by atoms with Gasteiger partial charge in [0.05, 0.1) is 22.8 Å². The van der Waals surface area contributed by atoms with Crippen molar-refractivity contribution in [3.05, 3.63) is 24.4 Å². The van der Waals surface area contributed by atoms with Crippen LogP contribution in [0, 0.1) is 5.41 Å². The van der Waals surface area contributed by atoms with Gasteiger partial charge in [0.1, 0.15) is 0 Å². The molecule has 0 saturated carbocycles. The largest absolute Gasteiger partial charge is 0.324 e. The Labute approximate surface area is 105 Å². The van der Waals surface area contributed by atoms with Gasteiger partial charge < -0.3 is 10.6 Å². The van der Waals surface area contributed by atoms with Gasteiger partial charge in [0.15, 0.2) is 0 Å². The Hall–Kier alpha value is -1.88. The molecule has 1 atom stereocenters. The molecule has 5 heteroatoms. The summed E-state index contributed by atoms with van der Waals surface area (Å²) in [5, 5.41) is 14.1. The molecule has 1 unspecified atom stereocenters. The molecule has 94 valence electrons. The third-order valence-corrected chi connectivity index (χ3v) is 3.64. The number of hydrogen-bond acceptors (Lipinski definition) is 3. The molecule has 18 heavy (non-hydrogen) atoms. The highest BCUT2D eigenvalue weighted by atomic mass is 16.2. The summed E-state index contributed by atoms with van der Waals surface area (Å²) in [7, 11) is 0. The van der Waals surface area contributed by atoms with Crippen molar-refractivity contribution in [2.75, 3.05) is 18.4 Å². The molecule has 3 N–H and O–H groups in total. The van der Waals surface area contributed by atoms with Crippen LogP contribution >= 0.6 is 0 Å². The number of nitrogens with zero attached hydrogens (tertiary/aromatic N) is 1. The van der Waals surface area contributed by atoms with Crippen LogP contribution < -0.4 is 10.6 Å². The number of H-pyrrole nitrogens is 1. The number of hydrogen-bond donors (Lipinski definition) is 3. The molecule has 1 aromatic heterocycles. The first-order valence-corrected chi connectivity index (χ1v) is 6.13. The second-order valence-corrected chi connectivity index (χ2v) is 5.08. The van der Waals surface area contributed by atoms with E-state index in [0.717, 1.165) is 36.1 Å². The third kappa shape index (κ3) is 1.76. The maximum Gasteiger partial charge on any atom is 0.231 e. The highest BCUT2D eigenvalue weighted by Gasteiger charge is 2.36. The number of nitrogens with one attached hydrogen (secondary N) is 3. The lowest BCUT2D eigenvalue weighted by molar-refractivity contribution is -0.123. The summed E-state index contributed by atoms with van der Waals surface area (Å²) in [6.07, 6.45) is 2.63. The minimum absolute atomic E-state index is 0.0644. The van der Waals surface area contributed by atoms with Crippen molar-refractivity contribution in [1.82, 2.24) is 15.5 Å². The summed E-state index contributed by atoms with van der Waals surface area (Å²) < 4.78 is 0. The first-order valence-electron chi connectivity index (χ1n) is 6.13. The van der Waals surface area contributed by atoms with Crippen LogP contribution in [0.4, 0.5) is 5.69 Å². The minimum atomic E-state index is -0.317. The fourth-order valence-electron chi connectivity index (χ4n) is 2.36. The van der Waals surface area contributed by atoms with E-state index < -0.39 is 0 Å². The fourth-order valence-corrected chi connectivity index (χ4v) is 2.36. The van der Waals surface area contributed by atoms with E-state index in [2.05, 4.69) is 20.8 Å². The first kappa shape index (κ1) is 11.2. The Morgan fingerprint density at radius 1 is 1.50 bits per heavy atom. The summed E-state index contributed by atoms with van der Waals surface area (Å²) >= 11 is 0. The molecule has 0 spiro atoms. The van der Waals surface area contributed by atoms with Crippen LogP contribution in [0.25, 0.3) is 10.9 Å². The minimum Gasteiger partial charge on any atom is -0.324 e. The van der Waals surface area contributed by atoms with Crippen molar-refractivity contribution in [2.24, 2.45) is 5.41 Å². The molecule has 0 bridgehead atoms. The summed E-state index contributed by atoms with van der Waals surface area (Å²) in [6, 6.07) is 5.78. The number of rotatable bonds is 2. The second-order valence-electron chi connectivity index (χ2n) is 5.08. The zero-order chi connectivity index (χ0) is 12.6. The van der Waals surface area contributed by atoms with Gasteiger partial charge in [0.2, 0.25) is 5.91 Å². The average Bonchev–Trinajstić information content (AvgIpc) is 2.98. The summed E-state index contributed by atoms with van der Waals surface area (Å²) in [4.78, 5) is 12.3. The fraction of sp³-hybridized carbons (Fsp3) is 0.385. The zero-order valence-electron chi connectivity index (χ0n) is 10.3. The standard InChI is InChI=1S/C13H16N4O/c1-13(5-6-14-8-13)12(18)16-10-4-2-3-9-7-15-17-11(9)10/h2-4,7,14H,5-6,8H2,1H3,(H,15,17)(H,16,18). The van der Waals surface area contributed by atoms with Crippen LogP contribution in [-0.2, 0) is 4.79 Å². The summed E-state index contributed by atoms with van der Waals surface area (Å²) in [5.74, 6) is 0.0644. The van der Waals surface area contributed by atoms with E-state index in [1.807, 2.05) is 25.1 Å². The Bertz CT molecular complexity index is 583. The number of carbonyl (C=O) groups is 1. The smallest absolute Gasteiger partial charge is 0.231 e. The number of amides is 1. The summed E-state index contributed by atoms with van der Waals surface area (Å²) in [5.41, 5.74) is 1.35. The molecule has 2 heterocycles. The lowest BCUT2D eigenvalue weighted by Crippen LogP contribution is -2.35. The second kappa shape index (κ2) is 4.10. The molecule has 2 aromatic rings. The molecule has 3 rings (SSSR count). The molecular weight excluding hydrogens is 228 g/mol. The van der Waals surface area contributed by atoms with Gasteiger partial charge in [0.25, 0.3) is 0 Å². The van der Waals surface area contributed by atoms with E-state index in [4.69, 9.17) is 0 Å². The number of aromatic amines is 1. The summed E-state index contributed by atoms with van der Waals surface area (Å²) in [6.45, 7) is 3.63. The maximum absolute atomic E-state index is 12.3. The molecule has 5 nitrogen and oxygen atoms in total. The number of para-hydroxylation sites is 1. The highest BCUT2D eigenvalue weighted by Crippen LogP contribution is 2.28. The molecule has 1 saturated heterocycles. The van der Waals surface area contributed by atoms with Crippen molar-refractivity contribution in [1.29, 1.82) is 0 Å². The number of benzene rings is 1. The van der Waals surface area contributed by atoms with Crippen LogP contribution in [0.3, 0.4) is 0 Å². The Morgan fingerprint density at radius 3 is 3.17 bits per heavy atom. The molecular formula is C13H16N4O. The van der Waals surface area contributed by atoms with E-state index in [1.54, 1.807) is 6.20 Å². The normalized spacial score (nSPS) is 23.4. The monoisotopic (exact) mass is 244 g/mol. The quantitative estimate of drug-likeness (QED) is 0.749. The molecule has 1 aliphatic rings. The van der Waals surface area contributed by atoms with Gasteiger partial charge in [-0.05, 0) is 26.0 Å². The highest BCUT2D eigenvalue weighted by molar-refractivity contribution is 6.02. The van der Waals surface area contributed by atoms with Gasteiger partial charge in [-0.3, -0.25) is 9.89 Å². The SMILES string of the molecule is CC1(C(=O)Nc2cccc3cn[nH]c23)CCNC1. The lowest BCUT2D eigenvalue weighted by atomic mass is 9.88. The Balaban J connectivity index is 1.88. The van der Waals surface area contributed by atoms with Gasteiger partial charge >= 0.3 is 0 Å². The lowest BCUT2D eigenvalue weighted by Gasteiger charge is -2.21. The topological polar surface area (TPSA) is 69.8 Å². The van der Waals surface area contributed by atoms with Crippen molar-refractivity contribution in [2.45, 2.75) is 13.3 Å². The maximum atomic E-state index is 12.3. The predicted molar refractivity (Wildman–Crippen MR) is 70.3 cm³/mol. The number of aromatic nitrogens is 2. The van der Waals surface area contributed by atoms with Crippen molar-refractivity contribution >= 4 is 22.5 Å². The molecule has 1 aromatic carbocycles. The van der Waals surface area contributed by atoms with Gasteiger partial charge in [-0.1, -0.05) is 12.1 Å². The molecule has 0 aliphatic carbocycles. The number of carbonyl (C=O) groups excluding carboxylic acids is 1. The van der Waals surface area contributed by atoms with Crippen LogP contribution in [0.15, 0.2) is 24.4 Å². The van der Waals surface area contributed by atoms with Crippen molar-refractivity contribution < 1.29 is 4.79 Å². The Kier molecular flexibility index (Phi) is 2.56. The van der Waals surface area contributed by atoms with Crippen LogP contribution in [0.5, 0.6) is 0 Å². The van der Waals surface area contributed by atoms with Gasteiger partial charge in [-0.2, -0.15) is 5.10 Å². The van der Waals surface area contributed by atoms with Crippen LogP contribution in [0.2, 0.25) is 0 Å². The predicted octanol–water partition coefficient (Wildman–Crippen LogP) is 1.50. The van der Waals surface area contributed by atoms with Gasteiger partial charge in [-0.15, -0.1) is 0 Å². The van der Waals surface area contributed by atoms with E-state index in [0.29, 0.717) is 0 Å². The van der Waals surface area contributed by atoms with E-state index >= 15 is 0 Å². The van der Waals surface area contributed by atoms with Crippen LogP contribution in [-0.4, -0.2) is 29.2 Å². The molecule has 1 fully saturated rings. The van der Waals surface area contributed by atoms with Crippen molar-refractivity contribution in [3.8, 4) is 0 Å². The molecule has 0 radical (unpaired) electrons. The zero-order valence-corrected chi connectivity index (χ0v) is 10.3. The van der Waals surface area contributed by atoms with E-state index in [-0.39, 0.29) is 11.3 Å². The Morgan fingerprint density at radius 2 is 2.39 bits per heavy atom. The number of anilines is 1. The van der Waals surface area contributed by atoms with Crippen molar-refractivity contribution in [3.63, 3.8) is 0 Å². The molecule has 1 aliphatic heterocycles.